The van der Waals surface area contributed by atoms with Crippen LogP contribution in [0.1, 0.15) is 42.7 Å². The fraction of sp³-hybridized carbons (Fsp3) is 0.200. The van der Waals surface area contributed by atoms with Crippen LogP contribution in [0.25, 0.3) is 0 Å². The van der Waals surface area contributed by atoms with Gasteiger partial charge < -0.3 is 15.4 Å². The highest BCUT2D eigenvalue weighted by molar-refractivity contribution is 6.10. The number of carbonyl (C=O) groups excluding carboxylic acids is 2. The monoisotopic (exact) mass is 500 g/mol. The molecule has 0 fully saturated rings. The first-order valence-electron chi connectivity index (χ1n) is 12.1. The van der Waals surface area contributed by atoms with Crippen molar-refractivity contribution in [3.8, 4) is 5.75 Å². The van der Waals surface area contributed by atoms with Gasteiger partial charge in [-0.25, -0.2) is 8.78 Å². The molecule has 0 aromatic heterocycles. The number of allylic oxidation sites excluding steroid dienone is 3. The molecule has 2 unspecified atom stereocenters. The zero-order valence-electron chi connectivity index (χ0n) is 20.5. The molecule has 1 aliphatic carbocycles. The SMILES string of the molecule is COc1ccccc1C1C(C(=O)Nc2ccc(F)cc2F)=C(C)NC2=C1C(=O)CC(c1ccccc1)C2. The molecule has 37 heavy (non-hydrogen) atoms. The first-order chi connectivity index (χ1) is 17.9. The predicted molar refractivity (Wildman–Crippen MR) is 137 cm³/mol. The molecule has 2 atom stereocenters. The molecule has 1 heterocycles. The number of halogens is 2. The molecule has 0 bridgehead atoms. The molecule has 0 saturated heterocycles. The van der Waals surface area contributed by atoms with Gasteiger partial charge in [-0.15, -0.1) is 0 Å². The smallest absolute Gasteiger partial charge is 0.254 e. The van der Waals surface area contributed by atoms with Crippen LogP contribution < -0.4 is 15.4 Å². The van der Waals surface area contributed by atoms with Crippen molar-refractivity contribution in [2.24, 2.45) is 0 Å². The lowest BCUT2D eigenvalue weighted by atomic mass is 9.71. The van der Waals surface area contributed by atoms with Crippen LogP contribution >= 0.6 is 0 Å². The molecule has 0 radical (unpaired) electrons. The summed E-state index contributed by atoms with van der Waals surface area (Å²) in [5.41, 5.74) is 3.69. The largest absolute Gasteiger partial charge is 0.496 e. The third kappa shape index (κ3) is 4.65. The fourth-order valence-electron chi connectivity index (χ4n) is 5.30. The summed E-state index contributed by atoms with van der Waals surface area (Å²) in [4.78, 5) is 27.3. The summed E-state index contributed by atoms with van der Waals surface area (Å²) < 4.78 is 33.4. The molecule has 5 nitrogen and oxygen atoms in total. The number of benzene rings is 3. The van der Waals surface area contributed by atoms with Crippen LogP contribution in [0.4, 0.5) is 14.5 Å². The fourth-order valence-corrected chi connectivity index (χ4v) is 5.30. The normalized spacial score (nSPS) is 19.3. The number of ether oxygens (including phenoxy) is 1. The predicted octanol–water partition coefficient (Wildman–Crippen LogP) is 5.97. The van der Waals surface area contributed by atoms with Crippen LogP contribution in [0, 0.1) is 11.6 Å². The van der Waals surface area contributed by atoms with Crippen molar-refractivity contribution in [1.29, 1.82) is 0 Å². The van der Waals surface area contributed by atoms with Crippen molar-refractivity contribution < 1.29 is 23.1 Å². The van der Waals surface area contributed by atoms with Gasteiger partial charge in [0.1, 0.15) is 17.4 Å². The maximum atomic E-state index is 14.4. The number of Topliss-reactive ketones (excluding diaryl/α,β-unsaturated/α-hetero) is 1. The van der Waals surface area contributed by atoms with Gasteiger partial charge in [0, 0.05) is 40.6 Å². The van der Waals surface area contributed by atoms with E-state index in [2.05, 4.69) is 10.6 Å². The average Bonchev–Trinajstić information content (AvgIpc) is 2.89. The van der Waals surface area contributed by atoms with Gasteiger partial charge in [-0.2, -0.15) is 0 Å². The second-order valence-electron chi connectivity index (χ2n) is 9.25. The third-order valence-electron chi connectivity index (χ3n) is 6.97. The van der Waals surface area contributed by atoms with E-state index in [0.29, 0.717) is 41.5 Å². The Labute approximate surface area is 213 Å². The Morgan fingerprint density at radius 1 is 1.00 bits per heavy atom. The van der Waals surface area contributed by atoms with Crippen LogP contribution in [0.5, 0.6) is 5.75 Å². The average molecular weight is 501 g/mol. The Hall–Kier alpha value is -4.26. The minimum atomic E-state index is -0.886. The van der Waals surface area contributed by atoms with Gasteiger partial charge >= 0.3 is 0 Å². The molecule has 0 saturated carbocycles. The van der Waals surface area contributed by atoms with Gasteiger partial charge in [0.2, 0.25) is 0 Å². The second kappa shape index (κ2) is 10.0. The van der Waals surface area contributed by atoms with E-state index < -0.39 is 23.5 Å². The molecular formula is C30H26F2N2O3. The Kier molecular flexibility index (Phi) is 6.61. The van der Waals surface area contributed by atoms with E-state index in [-0.39, 0.29) is 23.0 Å². The van der Waals surface area contributed by atoms with Gasteiger partial charge in [-0.1, -0.05) is 48.5 Å². The summed E-state index contributed by atoms with van der Waals surface area (Å²) >= 11 is 0. The zero-order valence-corrected chi connectivity index (χ0v) is 20.5. The van der Waals surface area contributed by atoms with Crippen molar-refractivity contribution in [1.82, 2.24) is 5.32 Å². The van der Waals surface area contributed by atoms with Gasteiger partial charge in [-0.3, -0.25) is 9.59 Å². The number of anilines is 1. The number of rotatable bonds is 5. The van der Waals surface area contributed by atoms with E-state index in [1.54, 1.807) is 13.0 Å². The number of para-hydroxylation sites is 1. The minimum Gasteiger partial charge on any atom is -0.496 e. The highest BCUT2D eigenvalue weighted by Gasteiger charge is 2.42. The Morgan fingerprint density at radius 2 is 1.73 bits per heavy atom. The number of ketones is 1. The van der Waals surface area contributed by atoms with Crippen molar-refractivity contribution in [2.75, 3.05) is 12.4 Å². The summed E-state index contributed by atoms with van der Waals surface area (Å²) in [6.07, 6.45) is 0.909. The van der Waals surface area contributed by atoms with E-state index >= 15 is 0 Å². The van der Waals surface area contributed by atoms with Gasteiger partial charge in [0.15, 0.2) is 5.78 Å². The summed E-state index contributed by atoms with van der Waals surface area (Å²) in [6, 6.07) is 20.1. The summed E-state index contributed by atoms with van der Waals surface area (Å²) in [6.45, 7) is 1.76. The van der Waals surface area contributed by atoms with E-state index in [0.717, 1.165) is 17.3 Å². The Bertz CT molecular complexity index is 1450. The lowest BCUT2D eigenvalue weighted by Gasteiger charge is -2.37. The summed E-state index contributed by atoms with van der Waals surface area (Å²) in [7, 11) is 1.54. The molecule has 188 valence electrons. The van der Waals surface area contributed by atoms with Gasteiger partial charge in [-0.05, 0) is 43.0 Å². The number of nitrogens with one attached hydrogen (secondary N) is 2. The maximum absolute atomic E-state index is 14.4. The first-order valence-corrected chi connectivity index (χ1v) is 12.1. The van der Waals surface area contributed by atoms with Crippen molar-refractivity contribution >= 4 is 17.4 Å². The summed E-state index contributed by atoms with van der Waals surface area (Å²) in [5, 5.41) is 5.88. The lowest BCUT2D eigenvalue weighted by molar-refractivity contribution is -0.116. The number of dihydropyridines is 1. The Morgan fingerprint density at radius 3 is 2.46 bits per heavy atom. The van der Waals surface area contributed by atoms with Gasteiger partial charge in [0.05, 0.1) is 18.7 Å². The van der Waals surface area contributed by atoms with Crippen LogP contribution in [0.3, 0.4) is 0 Å². The van der Waals surface area contributed by atoms with Crippen LogP contribution in [-0.4, -0.2) is 18.8 Å². The molecule has 3 aromatic rings. The minimum absolute atomic E-state index is 0.00903. The van der Waals surface area contributed by atoms with Crippen LogP contribution in [-0.2, 0) is 9.59 Å². The topological polar surface area (TPSA) is 67.4 Å². The maximum Gasteiger partial charge on any atom is 0.254 e. The first kappa shape index (κ1) is 24.4. The highest BCUT2D eigenvalue weighted by atomic mass is 19.1. The van der Waals surface area contributed by atoms with Crippen molar-refractivity contribution in [3.63, 3.8) is 0 Å². The van der Waals surface area contributed by atoms with Crippen LogP contribution in [0.2, 0.25) is 0 Å². The number of amides is 1. The molecule has 2 N–H and O–H groups in total. The number of hydrogen-bond donors (Lipinski definition) is 2. The number of methoxy groups -OCH3 is 1. The molecule has 7 heteroatoms. The number of carbonyl (C=O) groups is 2. The van der Waals surface area contributed by atoms with Crippen molar-refractivity contribution in [2.45, 2.75) is 31.6 Å². The molecule has 0 spiro atoms. The molecule has 5 rings (SSSR count). The molecule has 1 aliphatic heterocycles. The molecule has 1 amide bonds. The molecular weight excluding hydrogens is 474 g/mol. The third-order valence-corrected chi connectivity index (χ3v) is 6.97. The van der Waals surface area contributed by atoms with E-state index in [1.165, 1.54) is 13.2 Å². The summed E-state index contributed by atoms with van der Waals surface area (Å²) in [5.74, 6) is -2.46. The second-order valence-corrected chi connectivity index (χ2v) is 9.25. The quantitative estimate of drug-likeness (QED) is 0.453. The molecule has 2 aliphatic rings. The van der Waals surface area contributed by atoms with Crippen molar-refractivity contribution in [3.05, 3.63) is 118 Å². The van der Waals surface area contributed by atoms with Crippen LogP contribution in [0.15, 0.2) is 95.3 Å². The standard InChI is InChI=1S/C30H26F2N2O3/c1-17-27(30(36)34-23-13-12-20(31)16-22(23)32)28(21-10-6-7-11-26(21)37-2)29-24(33-17)14-19(15-25(29)35)18-8-4-3-5-9-18/h3-13,16,19,28,33H,14-15H2,1-2H3,(H,34,36). The number of hydrogen-bond acceptors (Lipinski definition) is 4. The Balaban J connectivity index is 1.59. The lowest BCUT2D eigenvalue weighted by Crippen LogP contribution is -2.37. The van der Waals surface area contributed by atoms with E-state index in [4.69, 9.17) is 4.74 Å². The molecule has 3 aromatic carbocycles. The zero-order chi connectivity index (χ0) is 26.1. The van der Waals surface area contributed by atoms with E-state index in [1.807, 2.05) is 48.5 Å². The van der Waals surface area contributed by atoms with E-state index in [9.17, 15) is 18.4 Å². The van der Waals surface area contributed by atoms with Gasteiger partial charge in [0.25, 0.3) is 5.91 Å². The highest BCUT2D eigenvalue weighted by Crippen LogP contribution is 2.47.